The van der Waals surface area contributed by atoms with Gasteiger partial charge in [-0.25, -0.2) is 4.79 Å². The van der Waals surface area contributed by atoms with Crippen molar-refractivity contribution < 1.29 is 14.6 Å². The van der Waals surface area contributed by atoms with E-state index in [1.54, 1.807) is 6.07 Å². The second kappa shape index (κ2) is 4.46. The van der Waals surface area contributed by atoms with Crippen LogP contribution in [0.4, 0.5) is 0 Å². The number of hydrogen-bond acceptors (Lipinski definition) is 3. The molecule has 0 amide bonds. The maximum atomic E-state index is 11.6. The van der Waals surface area contributed by atoms with Crippen molar-refractivity contribution in [2.75, 3.05) is 0 Å². The highest BCUT2D eigenvalue weighted by atomic mass is 16.7. The van der Waals surface area contributed by atoms with Gasteiger partial charge in [0.15, 0.2) is 0 Å². The number of benzene rings is 1. The van der Waals surface area contributed by atoms with Gasteiger partial charge in [-0.3, -0.25) is 0 Å². The first-order valence-electron chi connectivity index (χ1n) is 6.65. The molecular weight excluding hydrogens is 252 g/mol. The molecule has 3 nitrogen and oxygen atoms in total. The lowest BCUT2D eigenvalue weighted by molar-refractivity contribution is -0.190. The molecule has 0 bridgehead atoms. The molecule has 3 heteroatoms. The van der Waals surface area contributed by atoms with Crippen molar-refractivity contribution in [2.45, 2.75) is 19.1 Å². The average molecular weight is 268 g/mol. The number of carbonyl (C=O) groups excluding carboxylic acids is 1. The Morgan fingerprint density at radius 1 is 1.50 bits per heavy atom. The number of fused-ring (bicyclic) bond motifs is 2. The molecule has 20 heavy (non-hydrogen) atoms. The van der Waals surface area contributed by atoms with E-state index in [0.29, 0.717) is 17.1 Å². The summed E-state index contributed by atoms with van der Waals surface area (Å²) in [6.07, 6.45) is 5.78. The zero-order valence-electron chi connectivity index (χ0n) is 11.3. The molecule has 2 unspecified atom stereocenters. The Hall–Kier alpha value is -2.13. The van der Waals surface area contributed by atoms with E-state index in [9.17, 15) is 9.90 Å². The fraction of sp³-hybridized carbons (Fsp3) is 0.235. The molecule has 0 aromatic heterocycles. The highest BCUT2D eigenvalue weighted by molar-refractivity contribution is 5.86. The van der Waals surface area contributed by atoms with Gasteiger partial charge in [0, 0.05) is 17.2 Å². The van der Waals surface area contributed by atoms with Crippen LogP contribution in [0.1, 0.15) is 24.5 Å². The molecule has 3 rings (SSSR count). The summed E-state index contributed by atoms with van der Waals surface area (Å²) in [7, 11) is 0. The topological polar surface area (TPSA) is 46.5 Å². The normalized spacial score (nSPS) is 27.0. The third kappa shape index (κ3) is 1.74. The summed E-state index contributed by atoms with van der Waals surface area (Å²) < 4.78 is 5.27. The SMILES string of the molecule is C=CC(=O)OC1(O)C2=C(CC(C)C=C2)c2ccccc21. The summed E-state index contributed by atoms with van der Waals surface area (Å²) in [5, 5.41) is 10.9. The number of allylic oxidation sites excluding steroid dienone is 2. The molecule has 0 spiro atoms. The Labute approximate surface area is 117 Å². The number of carbonyl (C=O) groups is 1. The van der Waals surface area contributed by atoms with Gasteiger partial charge in [-0.15, -0.1) is 0 Å². The van der Waals surface area contributed by atoms with Gasteiger partial charge in [-0.2, -0.15) is 0 Å². The molecular formula is C17H16O3. The van der Waals surface area contributed by atoms with Crippen LogP contribution >= 0.6 is 0 Å². The monoisotopic (exact) mass is 268 g/mol. The first kappa shape index (κ1) is 12.9. The summed E-state index contributed by atoms with van der Waals surface area (Å²) in [4.78, 5) is 11.6. The Kier molecular flexibility index (Phi) is 2.87. The van der Waals surface area contributed by atoms with Crippen molar-refractivity contribution in [2.24, 2.45) is 5.92 Å². The van der Waals surface area contributed by atoms with Crippen molar-refractivity contribution >= 4 is 11.5 Å². The predicted octanol–water partition coefficient (Wildman–Crippen LogP) is 2.92. The summed E-state index contributed by atoms with van der Waals surface area (Å²) >= 11 is 0. The van der Waals surface area contributed by atoms with E-state index in [1.165, 1.54) is 0 Å². The first-order chi connectivity index (χ1) is 9.56. The molecule has 0 saturated carbocycles. The number of ether oxygens (including phenoxy) is 1. The van der Waals surface area contributed by atoms with Crippen LogP contribution < -0.4 is 0 Å². The number of hydrogen-bond donors (Lipinski definition) is 1. The zero-order chi connectivity index (χ0) is 14.3. The van der Waals surface area contributed by atoms with Crippen molar-refractivity contribution in [1.29, 1.82) is 0 Å². The van der Waals surface area contributed by atoms with Gasteiger partial charge in [0.1, 0.15) is 0 Å². The molecule has 2 aliphatic carbocycles. The van der Waals surface area contributed by atoms with Crippen molar-refractivity contribution in [3.8, 4) is 0 Å². The van der Waals surface area contributed by atoms with E-state index >= 15 is 0 Å². The summed E-state index contributed by atoms with van der Waals surface area (Å²) in [5.41, 5.74) is 3.29. The molecule has 2 aliphatic rings. The molecule has 0 heterocycles. The molecule has 2 atom stereocenters. The van der Waals surface area contributed by atoms with Crippen molar-refractivity contribution in [1.82, 2.24) is 0 Å². The van der Waals surface area contributed by atoms with Gasteiger partial charge in [0.2, 0.25) is 0 Å². The number of esters is 1. The molecule has 0 saturated heterocycles. The van der Waals surface area contributed by atoms with E-state index in [4.69, 9.17) is 4.74 Å². The summed E-state index contributed by atoms with van der Waals surface area (Å²) in [5.74, 6) is -1.93. The van der Waals surface area contributed by atoms with Crippen LogP contribution in [0.25, 0.3) is 5.57 Å². The van der Waals surface area contributed by atoms with Crippen molar-refractivity contribution in [3.63, 3.8) is 0 Å². The lowest BCUT2D eigenvalue weighted by Gasteiger charge is -2.27. The third-order valence-electron chi connectivity index (χ3n) is 3.84. The van der Waals surface area contributed by atoms with E-state index in [1.807, 2.05) is 30.4 Å². The zero-order valence-corrected chi connectivity index (χ0v) is 11.3. The average Bonchev–Trinajstić information content (AvgIpc) is 2.69. The summed E-state index contributed by atoms with van der Waals surface area (Å²) in [6.45, 7) is 5.51. The van der Waals surface area contributed by atoms with E-state index in [0.717, 1.165) is 23.6 Å². The smallest absolute Gasteiger partial charge is 0.333 e. The van der Waals surface area contributed by atoms with Crippen LogP contribution in [0.2, 0.25) is 0 Å². The van der Waals surface area contributed by atoms with Gasteiger partial charge < -0.3 is 9.84 Å². The number of aliphatic hydroxyl groups is 1. The Bertz CT molecular complexity index is 654. The highest BCUT2D eigenvalue weighted by Gasteiger charge is 2.46. The second-order valence-electron chi connectivity index (χ2n) is 5.25. The van der Waals surface area contributed by atoms with Crippen LogP contribution in [-0.4, -0.2) is 11.1 Å². The van der Waals surface area contributed by atoms with E-state index in [-0.39, 0.29) is 0 Å². The molecule has 1 N–H and O–H groups in total. The molecule has 1 aromatic rings. The molecule has 0 aliphatic heterocycles. The maximum absolute atomic E-state index is 11.6. The predicted molar refractivity (Wildman–Crippen MR) is 76.5 cm³/mol. The Balaban J connectivity index is 2.16. The van der Waals surface area contributed by atoms with E-state index < -0.39 is 11.8 Å². The quantitative estimate of drug-likeness (QED) is 0.509. The number of rotatable bonds is 2. The van der Waals surface area contributed by atoms with Crippen LogP contribution in [0.3, 0.4) is 0 Å². The Morgan fingerprint density at radius 3 is 3.00 bits per heavy atom. The Morgan fingerprint density at radius 2 is 2.25 bits per heavy atom. The molecule has 102 valence electrons. The van der Waals surface area contributed by atoms with Crippen LogP contribution in [-0.2, 0) is 15.3 Å². The van der Waals surface area contributed by atoms with Crippen LogP contribution in [0.15, 0.2) is 54.6 Å². The third-order valence-corrected chi connectivity index (χ3v) is 3.84. The summed E-state index contributed by atoms with van der Waals surface area (Å²) in [6, 6.07) is 7.50. The lowest BCUT2D eigenvalue weighted by atomic mass is 9.89. The van der Waals surface area contributed by atoms with Gasteiger partial charge >= 0.3 is 5.97 Å². The fourth-order valence-electron chi connectivity index (χ4n) is 2.92. The minimum Gasteiger partial charge on any atom is -0.421 e. The molecule has 1 aromatic carbocycles. The van der Waals surface area contributed by atoms with Crippen molar-refractivity contribution in [3.05, 3.63) is 65.8 Å². The van der Waals surface area contributed by atoms with Crippen LogP contribution in [0.5, 0.6) is 0 Å². The fourth-order valence-corrected chi connectivity index (χ4v) is 2.92. The molecule has 0 radical (unpaired) electrons. The van der Waals surface area contributed by atoms with E-state index in [2.05, 4.69) is 13.5 Å². The van der Waals surface area contributed by atoms with Gasteiger partial charge in [-0.1, -0.05) is 49.9 Å². The van der Waals surface area contributed by atoms with Gasteiger partial charge in [-0.05, 0) is 23.5 Å². The standard InChI is InChI=1S/C17H16O3/c1-3-16(18)20-17(19)14-7-5-4-6-12(14)13-10-11(2)8-9-15(13)17/h3-9,11,19H,1,10H2,2H3. The second-order valence-corrected chi connectivity index (χ2v) is 5.25. The highest BCUT2D eigenvalue weighted by Crippen LogP contribution is 2.50. The minimum atomic E-state index is -1.70. The maximum Gasteiger partial charge on any atom is 0.333 e. The lowest BCUT2D eigenvalue weighted by Crippen LogP contribution is -2.31. The van der Waals surface area contributed by atoms with Gasteiger partial charge in [0.25, 0.3) is 5.79 Å². The molecule has 0 fully saturated rings. The largest absolute Gasteiger partial charge is 0.421 e. The minimum absolute atomic E-state index is 0.402. The van der Waals surface area contributed by atoms with Crippen LogP contribution in [0, 0.1) is 5.92 Å². The first-order valence-corrected chi connectivity index (χ1v) is 6.65. The van der Waals surface area contributed by atoms with Gasteiger partial charge in [0.05, 0.1) is 0 Å².